The molecule has 4 nitrogen and oxygen atoms in total. The Kier molecular flexibility index (Phi) is 4.89. The lowest BCUT2D eigenvalue weighted by atomic mass is 10.2. The molecule has 0 aliphatic rings. The van der Waals surface area contributed by atoms with E-state index in [0.717, 1.165) is 22.2 Å². The minimum atomic E-state index is -0.0236. The highest BCUT2D eigenvalue weighted by Gasteiger charge is 2.20. The first-order chi connectivity index (χ1) is 12.2. The Morgan fingerprint density at radius 3 is 2.64 bits per heavy atom. The first-order valence-corrected chi connectivity index (χ1v) is 8.22. The lowest BCUT2D eigenvalue weighted by Gasteiger charge is -2.21. The standard InChI is InChI=1S/C21H22N2O2/c1-4-13-23(15-16-9-6-5-7-10-16)21(24)19-14-17-18(22(19)2)11-8-12-20(17)25-3/h4-12,14H,1,13,15H2,2-3H3. The maximum atomic E-state index is 13.1. The van der Waals surface area contributed by atoms with Crippen molar-refractivity contribution in [3.63, 3.8) is 0 Å². The Morgan fingerprint density at radius 2 is 1.96 bits per heavy atom. The van der Waals surface area contributed by atoms with Gasteiger partial charge in [-0.1, -0.05) is 42.5 Å². The third-order valence-electron chi connectivity index (χ3n) is 4.34. The fourth-order valence-electron chi connectivity index (χ4n) is 3.06. The SMILES string of the molecule is C=CCN(Cc1ccccc1)C(=O)c1cc2c(OC)cccc2n1C. The quantitative estimate of drug-likeness (QED) is 0.638. The van der Waals surface area contributed by atoms with Crippen LogP contribution in [0.15, 0.2) is 67.3 Å². The van der Waals surface area contributed by atoms with Gasteiger partial charge in [0, 0.05) is 25.5 Å². The first-order valence-electron chi connectivity index (χ1n) is 8.22. The Morgan fingerprint density at radius 1 is 1.20 bits per heavy atom. The molecule has 0 N–H and O–H groups in total. The van der Waals surface area contributed by atoms with Gasteiger partial charge in [-0.2, -0.15) is 0 Å². The molecule has 4 heteroatoms. The minimum Gasteiger partial charge on any atom is -0.496 e. The number of carbonyl (C=O) groups excluding carboxylic acids is 1. The van der Waals surface area contributed by atoms with Crippen molar-refractivity contribution in [3.8, 4) is 5.75 Å². The Balaban J connectivity index is 1.98. The molecule has 25 heavy (non-hydrogen) atoms. The van der Waals surface area contributed by atoms with Crippen molar-refractivity contribution in [2.45, 2.75) is 6.54 Å². The number of ether oxygens (including phenoxy) is 1. The number of amides is 1. The van der Waals surface area contributed by atoms with Crippen molar-refractivity contribution >= 4 is 16.8 Å². The third kappa shape index (κ3) is 3.29. The van der Waals surface area contributed by atoms with E-state index < -0.39 is 0 Å². The highest BCUT2D eigenvalue weighted by molar-refractivity contribution is 6.00. The van der Waals surface area contributed by atoms with Gasteiger partial charge in [-0.05, 0) is 23.8 Å². The number of hydrogen-bond donors (Lipinski definition) is 0. The van der Waals surface area contributed by atoms with Gasteiger partial charge < -0.3 is 14.2 Å². The van der Waals surface area contributed by atoms with E-state index in [9.17, 15) is 4.79 Å². The Labute approximate surface area is 147 Å². The normalized spacial score (nSPS) is 10.6. The summed E-state index contributed by atoms with van der Waals surface area (Å²) in [6.07, 6.45) is 1.75. The second kappa shape index (κ2) is 7.26. The van der Waals surface area contributed by atoms with Crippen molar-refractivity contribution < 1.29 is 9.53 Å². The molecule has 128 valence electrons. The molecule has 0 spiro atoms. The largest absolute Gasteiger partial charge is 0.496 e. The summed E-state index contributed by atoms with van der Waals surface area (Å²) < 4.78 is 7.34. The highest BCUT2D eigenvalue weighted by Crippen LogP contribution is 2.28. The van der Waals surface area contributed by atoms with Gasteiger partial charge in [-0.3, -0.25) is 4.79 Å². The van der Waals surface area contributed by atoms with Gasteiger partial charge >= 0.3 is 0 Å². The van der Waals surface area contributed by atoms with Gasteiger partial charge in [0.05, 0.1) is 12.6 Å². The van der Waals surface area contributed by atoms with E-state index in [-0.39, 0.29) is 5.91 Å². The lowest BCUT2D eigenvalue weighted by molar-refractivity contribution is 0.0753. The number of methoxy groups -OCH3 is 1. The molecule has 0 saturated heterocycles. The van der Waals surface area contributed by atoms with Crippen LogP contribution in [0.5, 0.6) is 5.75 Å². The second-order valence-electron chi connectivity index (χ2n) is 5.94. The summed E-state index contributed by atoms with van der Waals surface area (Å²) in [7, 11) is 3.55. The summed E-state index contributed by atoms with van der Waals surface area (Å²) in [5.41, 5.74) is 2.70. The smallest absolute Gasteiger partial charge is 0.271 e. The van der Waals surface area contributed by atoms with Crippen molar-refractivity contribution in [2.24, 2.45) is 7.05 Å². The van der Waals surface area contributed by atoms with Crippen LogP contribution in [0.3, 0.4) is 0 Å². The molecule has 1 heterocycles. The molecule has 0 bridgehead atoms. The number of nitrogens with zero attached hydrogens (tertiary/aromatic N) is 2. The molecule has 0 atom stereocenters. The number of rotatable bonds is 6. The van der Waals surface area contributed by atoms with Gasteiger partial charge in [-0.15, -0.1) is 6.58 Å². The Hall–Kier alpha value is -3.01. The maximum Gasteiger partial charge on any atom is 0.271 e. The molecular weight excluding hydrogens is 312 g/mol. The zero-order valence-corrected chi connectivity index (χ0v) is 14.6. The van der Waals surface area contributed by atoms with Crippen LogP contribution >= 0.6 is 0 Å². The highest BCUT2D eigenvalue weighted by atomic mass is 16.5. The number of benzene rings is 2. The summed E-state index contributed by atoms with van der Waals surface area (Å²) in [5, 5.41) is 0.939. The van der Waals surface area contributed by atoms with Crippen molar-refractivity contribution in [2.75, 3.05) is 13.7 Å². The fraction of sp³-hybridized carbons (Fsp3) is 0.190. The second-order valence-corrected chi connectivity index (χ2v) is 5.94. The van der Waals surface area contributed by atoms with Crippen LogP contribution in [-0.4, -0.2) is 29.0 Å². The summed E-state index contributed by atoms with van der Waals surface area (Å²) in [4.78, 5) is 14.9. The van der Waals surface area contributed by atoms with Crippen molar-refractivity contribution in [1.29, 1.82) is 0 Å². The zero-order chi connectivity index (χ0) is 17.8. The average molecular weight is 334 g/mol. The van der Waals surface area contributed by atoms with Crippen LogP contribution in [-0.2, 0) is 13.6 Å². The summed E-state index contributed by atoms with van der Waals surface area (Å²) >= 11 is 0. The number of fused-ring (bicyclic) bond motifs is 1. The molecule has 1 amide bonds. The van der Waals surface area contributed by atoms with E-state index >= 15 is 0 Å². The van der Waals surface area contributed by atoms with Gasteiger partial charge in [0.2, 0.25) is 0 Å². The average Bonchev–Trinajstić information content (AvgIpc) is 2.98. The number of aromatic nitrogens is 1. The van der Waals surface area contributed by atoms with E-state index in [4.69, 9.17) is 4.74 Å². The first kappa shape index (κ1) is 16.8. The maximum absolute atomic E-state index is 13.1. The van der Waals surface area contributed by atoms with Crippen LogP contribution < -0.4 is 4.74 Å². The molecule has 0 fully saturated rings. The minimum absolute atomic E-state index is 0.0236. The van der Waals surface area contributed by atoms with Crippen LogP contribution in [0.4, 0.5) is 0 Å². The predicted molar refractivity (Wildman–Crippen MR) is 101 cm³/mol. The van der Waals surface area contributed by atoms with E-state index in [1.807, 2.05) is 66.2 Å². The van der Waals surface area contributed by atoms with E-state index in [1.54, 1.807) is 18.1 Å². The fourth-order valence-corrected chi connectivity index (χ4v) is 3.06. The van der Waals surface area contributed by atoms with Crippen LogP contribution in [0.25, 0.3) is 10.9 Å². The number of carbonyl (C=O) groups is 1. The molecule has 0 aliphatic heterocycles. The summed E-state index contributed by atoms with van der Waals surface area (Å²) in [6, 6.07) is 17.7. The molecule has 0 saturated carbocycles. The van der Waals surface area contributed by atoms with Gasteiger partial charge in [0.15, 0.2) is 0 Å². The third-order valence-corrected chi connectivity index (χ3v) is 4.34. The topological polar surface area (TPSA) is 34.5 Å². The lowest BCUT2D eigenvalue weighted by Crippen LogP contribution is -2.32. The molecule has 1 aromatic heterocycles. The van der Waals surface area contributed by atoms with Crippen LogP contribution in [0, 0.1) is 0 Å². The molecule has 2 aromatic carbocycles. The molecule has 3 rings (SSSR count). The zero-order valence-electron chi connectivity index (χ0n) is 14.6. The van der Waals surface area contributed by atoms with Crippen molar-refractivity contribution in [3.05, 3.63) is 78.5 Å². The molecule has 3 aromatic rings. The molecule has 0 radical (unpaired) electrons. The number of hydrogen-bond acceptors (Lipinski definition) is 2. The summed E-state index contributed by atoms with van der Waals surface area (Å²) in [6.45, 7) is 4.83. The van der Waals surface area contributed by atoms with Gasteiger partial charge in [-0.25, -0.2) is 0 Å². The van der Waals surface area contributed by atoms with Gasteiger partial charge in [0.1, 0.15) is 11.4 Å². The predicted octanol–water partition coefficient (Wildman–Crippen LogP) is 4.02. The van der Waals surface area contributed by atoms with E-state index in [1.165, 1.54) is 0 Å². The van der Waals surface area contributed by atoms with E-state index in [2.05, 4.69) is 6.58 Å². The summed E-state index contributed by atoms with van der Waals surface area (Å²) in [5.74, 6) is 0.745. The monoisotopic (exact) mass is 334 g/mol. The van der Waals surface area contributed by atoms with Crippen LogP contribution in [0.1, 0.15) is 16.1 Å². The van der Waals surface area contributed by atoms with Crippen LogP contribution in [0.2, 0.25) is 0 Å². The molecule has 0 unspecified atom stereocenters. The van der Waals surface area contributed by atoms with Gasteiger partial charge in [0.25, 0.3) is 5.91 Å². The molecular formula is C21H22N2O2. The Bertz CT molecular complexity index is 897. The van der Waals surface area contributed by atoms with Crippen molar-refractivity contribution in [1.82, 2.24) is 9.47 Å². The molecule has 0 aliphatic carbocycles. The number of aryl methyl sites for hydroxylation is 1. The van der Waals surface area contributed by atoms with E-state index in [0.29, 0.717) is 18.8 Å².